The van der Waals surface area contributed by atoms with Gasteiger partial charge in [0.2, 0.25) is 0 Å². The number of rotatable bonds is 4. The molecule has 1 fully saturated rings. The zero-order valence-corrected chi connectivity index (χ0v) is 24.4. The average molecular weight is 691 g/mol. The Labute approximate surface area is 217 Å². The molecule has 0 saturated heterocycles. The molecule has 1 atom stereocenters. The minimum absolute atomic E-state index is 0. The van der Waals surface area contributed by atoms with Crippen molar-refractivity contribution in [1.82, 2.24) is 0 Å². The fraction of sp³-hybridized carbons (Fsp3) is 0.727. The molecule has 0 bridgehead atoms. The van der Waals surface area contributed by atoms with E-state index in [0.29, 0.717) is 0 Å². The van der Waals surface area contributed by atoms with Crippen molar-refractivity contribution in [2.24, 2.45) is 5.92 Å². The first-order valence-electron chi connectivity index (χ1n) is 4.87. The van der Waals surface area contributed by atoms with Crippen LogP contribution in [0.4, 0.5) is 0 Å². The van der Waals surface area contributed by atoms with Gasteiger partial charge in [0.25, 0.3) is 0 Å². The quantitative estimate of drug-likeness (QED) is 0.313. The summed E-state index contributed by atoms with van der Waals surface area (Å²) in [5.74, 6) is 0.898. The summed E-state index contributed by atoms with van der Waals surface area (Å²) in [5, 5.41) is 0. The van der Waals surface area contributed by atoms with Gasteiger partial charge in [0.05, 0.1) is 0 Å². The molecule has 0 amide bonds. The van der Waals surface area contributed by atoms with Crippen LogP contribution in [0.5, 0.6) is 0 Å². The predicted molar refractivity (Wildman–Crippen MR) is 49.8 cm³/mol. The van der Waals surface area contributed by atoms with Crippen LogP contribution in [-0.2, 0) is 152 Å². The fourth-order valence-electron chi connectivity index (χ4n) is 1.71. The van der Waals surface area contributed by atoms with Crippen LogP contribution in [0, 0.1) is 25.7 Å². The van der Waals surface area contributed by atoms with Gasteiger partial charge in [-0.05, 0) is 0 Å². The second kappa shape index (κ2) is 25.1. The second-order valence-electron chi connectivity index (χ2n) is 3.45. The summed E-state index contributed by atoms with van der Waals surface area (Å²) >= 11 is 0. The minimum atomic E-state index is 0. The third-order valence-corrected chi connectivity index (χ3v) is 2.41. The molecule has 1 aliphatic rings. The van der Waals surface area contributed by atoms with E-state index in [1.165, 1.54) is 38.5 Å². The first kappa shape index (κ1) is 32.9. The Morgan fingerprint density at radius 2 is 1.75 bits per heavy atom. The molecule has 1 unspecified atom stereocenters. The van der Waals surface area contributed by atoms with Crippen LogP contribution in [0.15, 0.2) is 0 Å². The number of hydrogen-bond donors (Lipinski definition) is 0. The van der Waals surface area contributed by atoms with Crippen molar-refractivity contribution in [2.45, 2.75) is 44.9 Å². The van der Waals surface area contributed by atoms with E-state index in [9.17, 15) is 0 Å². The van der Waals surface area contributed by atoms with E-state index in [4.69, 9.17) is 0 Å². The molecular formula is C11H19WY4-3. The van der Waals surface area contributed by atoms with Gasteiger partial charge in [0, 0.05) is 152 Å². The SMILES string of the molecule is [CH2-]CC[CH-]CC1[CH-]CCCC1.[W].[Y].[Y].[Y].[Y]. The molecule has 1 aliphatic carbocycles. The molecule has 0 aliphatic heterocycles. The molecule has 84 valence electrons. The Morgan fingerprint density at radius 1 is 1.12 bits per heavy atom. The Hall–Kier alpha value is 5.10. The molecule has 0 nitrogen and oxygen atoms in total. The smallest absolute Gasteiger partial charge is 0 e. The molecule has 0 heterocycles. The first-order valence-corrected chi connectivity index (χ1v) is 4.87. The van der Waals surface area contributed by atoms with E-state index in [-0.39, 0.29) is 152 Å². The zero-order chi connectivity index (χ0) is 7.94. The summed E-state index contributed by atoms with van der Waals surface area (Å²) in [6.07, 6.45) is 14.1. The van der Waals surface area contributed by atoms with Crippen LogP contribution in [0.25, 0.3) is 0 Å². The van der Waals surface area contributed by atoms with Gasteiger partial charge in [0.15, 0.2) is 0 Å². The number of unbranched alkanes of at least 4 members (excludes halogenated alkanes) is 2. The van der Waals surface area contributed by atoms with E-state index in [2.05, 4.69) is 19.8 Å². The van der Waals surface area contributed by atoms with Crippen LogP contribution in [-0.4, -0.2) is 0 Å². The Bertz CT molecular complexity index is 98.0. The monoisotopic (exact) mass is 691 g/mol. The molecule has 1 saturated carbocycles. The van der Waals surface area contributed by atoms with E-state index < -0.39 is 0 Å². The van der Waals surface area contributed by atoms with E-state index in [0.717, 1.165) is 12.3 Å². The summed E-state index contributed by atoms with van der Waals surface area (Å²) < 4.78 is 0. The molecule has 0 aromatic rings. The van der Waals surface area contributed by atoms with E-state index in [1.807, 2.05) is 0 Å². The summed E-state index contributed by atoms with van der Waals surface area (Å²) in [6.45, 7) is 3.83. The van der Waals surface area contributed by atoms with Gasteiger partial charge in [0.1, 0.15) is 0 Å². The Balaban J connectivity index is -0.0000000807. The van der Waals surface area contributed by atoms with Crippen molar-refractivity contribution in [3.63, 3.8) is 0 Å². The maximum Gasteiger partial charge on any atom is 0 e. The average Bonchev–Trinajstić information content (AvgIpc) is 2.07. The van der Waals surface area contributed by atoms with E-state index in [1.54, 1.807) is 0 Å². The van der Waals surface area contributed by atoms with Crippen molar-refractivity contribution in [3.8, 4) is 0 Å². The van der Waals surface area contributed by atoms with Gasteiger partial charge in [-0.25, -0.2) is 19.3 Å². The molecule has 5 heteroatoms. The van der Waals surface area contributed by atoms with Gasteiger partial charge in [-0.3, -0.25) is 0 Å². The maximum absolute atomic E-state index is 3.83. The first-order chi connectivity index (χ1) is 5.43. The minimum Gasteiger partial charge on any atom is -0.346 e. The van der Waals surface area contributed by atoms with Gasteiger partial charge in [-0.2, -0.15) is 12.3 Å². The molecule has 0 aromatic carbocycles. The van der Waals surface area contributed by atoms with E-state index >= 15 is 0 Å². The normalized spacial score (nSPS) is 17.4. The standard InChI is InChI=1S/C11H19.W.4Y/c1-2-3-5-8-11-9-6-4-7-10-11;;;;;/h5,9,11H,1-4,6-8,10H2;;;;;/q-3;;;;;. The molecule has 16 heavy (non-hydrogen) atoms. The summed E-state index contributed by atoms with van der Waals surface area (Å²) in [4.78, 5) is 0. The third kappa shape index (κ3) is 19.1. The van der Waals surface area contributed by atoms with Crippen molar-refractivity contribution >= 4 is 0 Å². The van der Waals surface area contributed by atoms with Crippen molar-refractivity contribution in [2.75, 3.05) is 0 Å². The molecule has 4 radical (unpaired) electrons. The van der Waals surface area contributed by atoms with Crippen molar-refractivity contribution in [1.29, 1.82) is 0 Å². The van der Waals surface area contributed by atoms with Crippen LogP contribution < -0.4 is 0 Å². The van der Waals surface area contributed by atoms with Gasteiger partial charge in [-0.1, -0.05) is 19.3 Å². The van der Waals surface area contributed by atoms with Crippen molar-refractivity contribution in [3.05, 3.63) is 19.8 Å². The third-order valence-electron chi connectivity index (χ3n) is 2.41. The molecule has 1 rings (SSSR count). The van der Waals surface area contributed by atoms with Crippen LogP contribution >= 0.6 is 0 Å². The maximum atomic E-state index is 3.83. The topological polar surface area (TPSA) is 0 Å². The zero-order valence-electron chi connectivity index (χ0n) is 10.1. The van der Waals surface area contributed by atoms with Gasteiger partial charge >= 0.3 is 0 Å². The fourth-order valence-corrected chi connectivity index (χ4v) is 1.71. The Kier molecular flexibility index (Phi) is 51.6. The van der Waals surface area contributed by atoms with Crippen LogP contribution in [0.2, 0.25) is 0 Å². The summed E-state index contributed by atoms with van der Waals surface area (Å²) in [6, 6.07) is 0. The largest absolute Gasteiger partial charge is 0.346 e. The van der Waals surface area contributed by atoms with Crippen LogP contribution in [0.1, 0.15) is 44.9 Å². The van der Waals surface area contributed by atoms with Gasteiger partial charge < -0.3 is 19.8 Å². The second-order valence-corrected chi connectivity index (χ2v) is 3.45. The number of hydrogen-bond acceptors (Lipinski definition) is 0. The van der Waals surface area contributed by atoms with Crippen LogP contribution in [0.3, 0.4) is 0 Å². The van der Waals surface area contributed by atoms with Gasteiger partial charge in [-0.15, -0.1) is 0 Å². The molecular weight excluding hydrogens is 672 g/mol. The van der Waals surface area contributed by atoms with Crippen molar-refractivity contribution < 1.29 is 152 Å². The predicted octanol–water partition coefficient (Wildman–Crippen LogP) is 3.58. The summed E-state index contributed by atoms with van der Waals surface area (Å²) in [5.41, 5.74) is 0. The molecule has 0 spiro atoms. The summed E-state index contributed by atoms with van der Waals surface area (Å²) in [7, 11) is 0. The molecule has 0 N–H and O–H groups in total. The molecule has 0 aromatic heterocycles. The Morgan fingerprint density at radius 3 is 2.19 bits per heavy atom.